The average Bonchev–Trinajstić information content (AvgIpc) is 3.09. The van der Waals surface area contributed by atoms with E-state index in [1.165, 1.54) is 22.4 Å². The van der Waals surface area contributed by atoms with Crippen molar-refractivity contribution in [2.45, 2.75) is 30.7 Å². The molecule has 4 rings (SSSR count). The lowest BCUT2D eigenvalue weighted by Gasteiger charge is -2.22. The van der Waals surface area contributed by atoms with Gasteiger partial charge < -0.3 is 9.88 Å². The second-order valence-corrected chi connectivity index (χ2v) is 10.3. The standard InChI is InChI=1S/C25H26F2N4O2S/c1-16(8-9-17-6-4-3-5-7-17)22-13-11-19-23(34(28,33)30-22)15-31(2)24(19)25(32)29-18-10-12-20(26)21(27)14-18/h3-7,10-16,22H,8-9H2,1-2H3,(H,29,32)(H2,28,30,33)/t16-,22+,34?/m0/s1. The number of benzene rings is 2. The number of aromatic nitrogens is 1. The molecule has 1 aliphatic rings. The van der Waals surface area contributed by atoms with Gasteiger partial charge in [-0.3, -0.25) is 4.79 Å². The molecule has 2 heterocycles. The number of anilines is 1. The van der Waals surface area contributed by atoms with Crippen molar-refractivity contribution in [3.63, 3.8) is 0 Å². The number of carbonyl (C=O) groups excluding carboxylic acids is 1. The lowest BCUT2D eigenvalue weighted by atomic mass is 9.94. The van der Waals surface area contributed by atoms with E-state index < -0.39 is 27.5 Å². The monoisotopic (exact) mass is 484 g/mol. The number of fused-ring (bicyclic) bond motifs is 1. The molecule has 1 aliphatic heterocycles. The molecule has 0 fully saturated rings. The summed E-state index contributed by atoms with van der Waals surface area (Å²) in [4.78, 5) is 13.2. The van der Waals surface area contributed by atoms with Crippen LogP contribution in [0.5, 0.6) is 0 Å². The summed E-state index contributed by atoms with van der Waals surface area (Å²) in [5, 5.41) is 2.55. The third kappa shape index (κ3) is 4.95. The Balaban J connectivity index is 1.58. The van der Waals surface area contributed by atoms with E-state index in [4.69, 9.17) is 4.78 Å². The Bertz CT molecular complexity index is 1350. The van der Waals surface area contributed by atoms with Gasteiger partial charge in [-0.15, -0.1) is 0 Å². The highest BCUT2D eigenvalue weighted by Crippen LogP contribution is 2.29. The quantitative estimate of drug-likeness (QED) is 0.453. The van der Waals surface area contributed by atoms with E-state index in [0.29, 0.717) is 5.56 Å². The van der Waals surface area contributed by atoms with Crippen LogP contribution in [0.25, 0.3) is 6.08 Å². The van der Waals surface area contributed by atoms with Crippen LogP contribution in [-0.2, 0) is 23.4 Å². The van der Waals surface area contributed by atoms with Crippen molar-refractivity contribution in [1.29, 1.82) is 4.78 Å². The molecular formula is C25H26F2N4O2S. The van der Waals surface area contributed by atoms with E-state index in [-0.39, 0.29) is 28.2 Å². The zero-order valence-electron chi connectivity index (χ0n) is 18.8. The van der Waals surface area contributed by atoms with Gasteiger partial charge in [-0.2, -0.15) is 0 Å². The van der Waals surface area contributed by atoms with Gasteiger partial charge in [-0.05, 0) is 36.5 Å². The summed E-state index contributed by atoms with van der Waals surface area (Å²) in [6.45, 7) is 2.03. The Morgan fingerprint density at radius 3 is 2.65 bits per heavy atom. The predicted octanol–water partition coefficient (Wildman–Crippen LogP) is 5.13. The molecule has 1 aromatic heterocycles. The normalized spacial score (nSPS) is 20.4. The number of halogens is 2. The molecule has 1 unspecified atom stereocenters. The predicted molar refractivity (Wildman–Crippen MR) is 129 cm³/mol. The first kappa shape index (κ1) is 23.8. The molecule has 3 atom stereocenters. The number of hydrogen-bond donors (Lipinski definition) is 3. The number of aryl methyl sites for hydroxylation is 2. The number of nitrogens with zero attached hydrogens (tertiary/aromatic N) is 1. The Morgan fingerprint density at radius 1 is 1.21 bits per heavy atom. The average molecular weight is 485 g/mol. The topological polar surface area (TPSA) is 87.0 Å². The van der Waals surface area contributed by atoms with Crippen molar-refractivity contribution >= 4 is 27.6 Å². The van der Waals surface area contributed by atoms with Crippen molar-refractivity contribution in [3.8, 4) is 0 Å². The number of amides is 1. The maximum absolute atomic E-state index is 13.6. The third-order valence-electron chi connectivity index (χ3n) is 6.00. The van der Waals surface area contributed by atoms with Gasteiger partial charge in [-0.25, -0.2) is 22.5 Å². The zero-order chi connectivity index (χ0) is 24.5. The number of rotatable bonds is 6. The summed E-state index contributed by atoms with van der Waals surface area (Å²) in [6.07, 6.45) is 6.73. The molecule has 0 bridgehead atoms. The third-order valence-corrected chi connectivity index (χ3v) is 7.55. The van der Waals surface area contributed by atoms with Gasteiger partial charge in [0.15, 0.2) is 11.6 Å². The first-order valence-corrected chi connectivity index (χ1v) is 12.5. The van der Waals surface area contributed by atoms with E-state index in [9.17, 15) is 17.8 Å². The van der Waals surface area contributed by atoms with Gasteiger partial charge in [0, 0.05) is 36.6 Å². The van der Waals surface area contributed by atoms with Crippen molar-refractivity contribution in [2.75, 3.05) is 5.32 Å². The van der Waals surface area contributed by atoms with Crippen molar-refractivity contribution in [3.05, 3.63) is 89.3 Å². The first-order chi connectivity index (χ1) is 16.2. The van der Waals surface area contributed by atoms with Crippen molar-refractivity contribution < 1.29 is 17.8 Å². The lowest BCUT2D eigenvalue weighted by Crippen LogP contribution is -2.36. The fraction of sp³-hybridized carbons (Fsp3) is 0.240. The summed E-state index contributed by atoms with van der Waals surface area (Å²) in [7, 11) is -1.79. The molecule has 34 heavy (non-hydrogen) atoms. The van der Waals surface area contributed by atoms with Gasteiger partial charge >= 0.3 is 0 Å². The highest BCUT2D eigenvalue weighted by atomic mass is 32.2. The minimum Gasteiger partial charge on any atom is -0.345 e. The fourth-order valence-electron chi connectivity index (χ4n) is 4.07. The molecular weight excluding hydrogens is 458 g/mol. The van der Waals surface area contributed by atoms with Crippen LogP contribution in [0.2, 0.25) is 0 Å². The van der Waals surface area contributed by atoms with Gasteiger partial charge in [0.2, 0.25) is 0 Å². The Labute approximate surface area is 197 Å². The first-order valence-electron chi connectivity index (χ1n) is 10.9. The molecule has 0 saturated heterocycles. The van der Waals surface area contributed by atoms with Crippen molar-refractivity contribution in [2.24, 2.45) is 13.0 Å². The van der Waals surface area contributed by atoms with Gasteiger partial charge in [0.25, 0.3) is 5.91 Å². The van der Waals surface area contributed by atoms with Gasteiger partial charge in [0.05, 0.1) is 4.90 Å². The van der Waals surface area contributed by atoms with Crippen LogP contribution in [0.15, 0.2) is 65.7 Å². The molecule has 1 amide bonds. The lowest BCUT2D eigenvalue weighted by molar-refractivity contribution is 0.101. The van der Waals surface area contributed by atoms with Crippen LogP contribution in [0, 0.1) is 22.3 Å². The fourth-order valence-corrected chi connectivity index (χ4v) is 5.67. The van der Waals surface area contributed by atoms with Crippen LogP contribution < -0.4 is 10.0 Å². The highest BCUT2D eigenvalue weighted by Gasteiger charge is 2.30. The molecule has 178 valence electrons. The second-order valence-electron chi connectivity index (χ2n) is 8.51. The largest absolute Gasteiger partial charge is 0.345 e. The van der Waals surface area contributed by atoms with Crippen LogP contribution in [0.4, 0.5) is 14.5 Å². The molecule has 0 radical (unpaired) electrons. The number of hydrogen-bond acceptors (Lipinski definition) is 3. The molecule has 3 aromatic rings. The summed E-state index contributed by atoms with van der Waals surface area (Å²) >= 11 is 0. The molecule has 0 saturated carbocycles. The summed E-state index contributed by atoms with van der Waals surface area (Å²) < 4.78 is 53.1. The molecule has 2 aromatic carbocycles. The summed E-state index contributed by atoms with van der Waals surface area (Å²) in [5.41, 5.74) is 1.84. The van der Waals surface area contributed by atoms with Crippen molar-refractivity contribution in [1.82, 2.24) is 9.29 Å². The maximum atomic E-state index is 13.6. The van der Waals surface area contributed by atoms with E-state index in [1.54, 1.807) is 13.1 Å². The molecule has 6 nitrogen and oxygen atoms in total. The SMILES string of the molecule is C[C@@H](CCc1ccccc1)[C@H]1C=Cc2c(cn(C)c2C(=O)Nc2ccc(F)c(F)c2)S(=N)(=O)N1. The van der Waals surface area contributed by atoms with Crippen LogP contribution in [0.3, 0.4) is 0 Å². The van der Waals surface area contributed by atoms with E-state index in [2.05, 4.69) is 22.2 Å². The second kappa shape index (κ2) is 9.52. The zero-order valence-corrected chi connectivity index (χ0v) is 19.7. The molecule has 9 heteroatoms. The van der Waals surface area contributed by atoms with Crippen LogP contribution in [-0.4, -0.2) is 20.7 Å². The number of nitrogens with one attached hydrogen (secondary N) is 3. The maximum Gasteiger partial charge on any atom is 0.272 e. The number of carbonyl (C=O) groups is 1. The molecule has 3 N–H and O–H groups in total. The molecule has 0 spiro atoms. The highest BCUT2D eigenvalue weighted by molar-refractivity contribution is 7.90. The van der Waals surface area contributed by atoms with E-state index >= 15 is 0 Å². The van der Waals surface area contributed by atoms with Crippen LogP contribution >= 0.6 is 0 Å². The minimum atomic E-state index is -3.40. The van der Waals surface area contributed by atoms with Gasteiger partial charge in [0.1, 0.15) is 15.6 Å². The smallest absolute Gasteiger partial charge is 0.272 e. The Hall–Kier alpha value is -3.30. The van der Waals surface area contributed by atoms with Gasteiger partial charge in [-0.1, -0.05) is 49.4 Å². The summed E-state index contributed by atoms with van der Waals surface area (Å²) in [5.74, 6) is -2.58. The summed E-state index contributed by atoms with van der Waals surface area (Å²) in [6, 6.07) is 12.8. The Kier molecular flexibility index (Phi) is 6.67. The van der Waals surface area contributed by atoms with E-state index in [0.717, 1.165) is 25.0 Å². The Morgan fingerprint density at radius 2 is 1.94 bits per heavy atom. The van der Waals surface area contributed by atoms with Crippen LogP contribution in [0.1, 0.15) is 35.0 Å². The van der Waals surface area contributed by atoms with E-state index in [1.807, 2.05) is 31.2 Å². The minimum absolute atomic E-state index is 0.0832. The molecule has 0 aliphatic carbocycles.